The number of aryl methyl sites for hydroxylation is 2. The zero-order valence-electron chi connectivity index (χ0n) is 14.6. The molecule has 1 atom stereocenters. The summed E-state index contributed by atoms with van der Waals surface area (Å²) in [4.78, 5) is 22.8. The van der Waals surface area contributed by atoms with Gasteiger partial charge in [0.1, 0.15) is 11.9 Å². The van der Waals surface area contributed by atoms with E-state index >= 15 is 0 Å². The van der Waals surface area contributed by atoms with Crippen LogP contribution in [-0.2, 0) is 4.79 Å². The van der Waals surface area contributed by atoms with Crippen molar-refractivity contribution in [1.29, 1.82) is 0 Å². The molecule has 1 aromatic heterocycles. The van der Waals surface area contributed by atoms with Gasteiger partial charge in [0.2, 0.25) is 0 Å². The topological polar surface area (TPSA) is 64.5 Å². The number of ether oxygens (including phenoxy) is 2. The molecular formula is C19H23N3O3. The Hall–Kier alpha value is -2.63. The SMILES string of the molecule is Cc1cc(C)nc(OC2CCCN(C(=O)COc3ccccc3)C2)n1. The number of piperidine rings is 1. The number of nitrogens with zero attached hydrogens (tertiary/aromatic N) is 3. The van der Waals surface area contributed by atoms with E-state index in [1.165, 1.54) is 0 Å². The molecule has 1 amide bonds. The van der Waals surface area contributed by atoms with Gasteiger partial charge >= 0.3 is 6.01 Å². The molecule has 1 aliphatic heterocycles. The highest BCUT2D eigenvalue weighted by molar-refractivity contribution is 5.77. The zero-order chi connectivity index (χ0) is 17.6. The molecule has 1 saturated heterocycles. The smallest absolute Gasteiger partial charge is 0.317 e. The van der Waals surface area contributed by atoms with Crippen molar-refractivity contribution in [2.45, 2.75) is 32.8 Å². The van der Waals surface area contributed by atoms with Gasteiger partial charge in [-0.1, -0.05) is 18.2 Å². The highest BCUT2D eigenvalue weighted by atomic mass is 16.5. The molecule has 0 saturated carbocycles. The lowest BCUT2D eigenvalue weighted by molar-refractivity contribution is -0.136. The summed E-state index contributed by atoms with van der Waals surface area (Å²) in [5, 5.41) is 0. The first kappa shape index (κ1) is 17.2. The van der Waals surface area contributed by atoms with Crippen LogP contribution in [0.4, 0.5) is 0 Å². The van der Waals surface area contributed by atoms with E-state index in [9.17, 15) is 4.79 Å². The summed E-state index contributed by atoms with van der Waals surface area (Å²) < 4.78 is 11.5. The number of aromatic nitrogens is 2. The molecule has 6 nitrogen and oxygen atoms in total. The van der Waals surface area contributed by atoms with Crippen LogP contribution < -0.4 is 9.47 Å². The molecule has 0 bridgehead atoms. The van der Waals surface area contributed by atoms with Crippen molar-refractivity contribution in [2.24, 2.45) is 0 Å². The first-order valence-electron chi connectivity index (χ1n) is 8.55. The Balaban J connectivity index is 1.54. The minimum atomic E-state index is -0.0874. The van der Waals surface area contributed by atoms with Crippen molar-refractivity contribution >= 4 is 5.91 Å². The van der Waals surface area contributed by atoms with Crippen molar-refractivity contribution < 1.29 is 14.3 Å². The van der Waals surface area contributed by atoms with Crippen molar-refractivity contribution in [3.05, 3.63) is 47.8 Å². The second-order valence-corrected chi connectivity index (χ2v) is 6.26. The average Bonchev–Trinajstić information content (AvgIpc) is 2.60. The van der Waals surface area contributed by atoms with E-state index in [2.05, 4.69) is 9.97 Å². The van der Waals surface area contributed by atoms with Crippen molar-refractivity contribution in [3.8, 4) is 11.8 Å². The fourth-order valence-electron chi connectivity index (χ4n) is 2.91. The lowest BCUT2D eigenvalue weighted by Crippen LogP contribution is -2.46. The van der Waals surface area contributed by atoms with E-state index < -0.39 is 0 Å². The highest BCUT2D eigenvalue weighted by Crippen LogP contribution is 2.17. The second kappa shape index (κ2) is 7.96. The maximum Gasteiger partial charge on any atom is 0.317 e. The number of carbonyl (C=O) groups is 1. The lowest BCUT2D eigenvalue weighted by atomic mass is 10.1. The molecule has 2 heterocycles. The standard InChI is InChI=1S/C19H23N3O3/c1-14-11-15(2)21-19(20-14)25-17-9-6-10-22(12-17)18(23)13-24-16-7-4-3-5-8-16/h3-5,7-8,11,17H,6,9-10,12-13H2,1-2H3. The second-order valence-electron chi connectivity index (χ2n) is 6.26. The van der Waals surface area contributed by atoms with Gasteiger partial charge in [0.15, 0.2) is 6.61 Å². The maximum absolute atomic E-state index is 12.4. The van der Waals surface area contributed by atoms with Gasteiger partial charge < -0.3 is 14.4 Å². The van der Waals surface area contributed by atoms with Crippen LogP contribution in [0.1, 0.15) is 24.2 Å². The Kier molecular flexibility index (Phi) is 5.48. The molecule has 0 radical (unpaired) electrons. The Labute approximate surface area is 147 Å². The van der Waals surface area contributed by atoms with Crippen LogP contribution in [0.25, 0.3) is 0 Å². The summed E-state index contributed by atoms with van der Waals surface area (Å²) in [6.07, 6.45) is 1.70. The fourth-order valence-corrected chi connectivity index (χ4v) is 2.91. The van der Waals surface area contributed by atoms with E-state index in [1.807, 2.05) is 50.2 Å². The quantitative estimate of drug-likeness (QED) is 0.836. The average molecular weight is 341 g/mol. The summed E-state index contributed by atoms with van der Waals surface area (Å²) >= 11 is 0. The van der Waals surface area contributed by atoms with Gasteiger partial charge in [-0.05, 0) is 44.9 Å². The molecule has 132 valence electrons. The van der Waals surface area contributed by atoms with E-state index in [-0.39, 0.29) is 18.6 Å². The number of benzene rings is 1. The Morgan fingerprint density at radius 2 is 1.92 bits per heavy atom. The summed E-state index contributed by atoms with van der Waals surface area (Å²) in [6, 6.07) is 11.7. The van der Waals surface area contributed by atoms with Crippen LogP contribution in [0.3, 0.4) is 0 Å². The van der Waals surface area contributed by atoms with Gasteiger partial charge in [-0.25, -0.2) is 9.97 Å². The number of hydrogen-bond acceptors (Lipinski definition) is 5. The van der Waals surface area contributed by atoms with Crippen molar-refractivity contribution in [1.82, 2.24) is 14.9 Å². The monoisotopic (exact) mass is 341 g/mol. The predicted octanol–water partition coefficient (Wildman–Crippen LogP) is 2.54. The predicted molar refractivity (Wildman–Crippen MR) is 93.7 cm³/mol. The van der Waals surface area contributed by atoms with Crippen LogP contribution >= 0.6 is 0 Å². The van der Waals surface area contributed by atoms with Crippen LogP contribution in [0.15, 0.2) is 36.4 Å². The third kappa shape index (κ3) is 4.92. The van der Waals surface area contributed by atoms with E-state index in [0.717, 1.165) is 30.8 Å². The first-order valence-corrected chi connectivity index (χ1v) is 8.55. The minimum Gasteiger partial charge on any atom is -0.484 e. The number of likely N-dealkylation sites (tertiary alicyclic amines) is 1. The van der Waals surface area contributed by atoms with Gasteiger partial charge in [0.05, 0.1) is 6.54 Å². The van der Waals surface area contributed by atoms with Crippen LogP contribution in [-0.4, -0.2) is 46.6 Å². The molecule has 1 unspecified atom stereocenters. The Morgan fingerprint density at radius 1 is 1.20 bits per heavy atom. The maximum atomic E-state index is 12.4. The summed E-state index contributed by atoms with van der Waals surface area (Å²) in [7, 11) is 0. The van der Waals surface area contributed by atoms with E-state index in [1.54, 1.807) is 4.90 Å². The molecule has 0 spiro atoms. The molecule has 25 heavy (non-hydrogen) atoms. The zero-order valence-corrected chi connectivity index (χ0v) is 14.6. The highest BCUT2D eigenvalue weighted by Gasteiger charge is 2.25. The number of para-hydroxylation sites is 1. The van der Waals surface area contributed by atoms with Crippen LogP contribution in [0, 0.1) is 13.8 Å². The molecule has 2 aromatic rings. The third-order valence-corrected chi connectivity index (χ3v) is 4.07. The summed E-state index contributed by atoms with van der Waals surface area (Å²) in [6.45, 7) is 5.13. The van der Waals surface area contributed by atoms with Gasteiger partial charge in [0.25, 0.3) is 5.91 Å². The molecule has 1 aromatic carbocycles. The van der Waals surface area contributed by atoms with Crippen LogP contribution in [0.5, 0.6) is 11.8 Å². The first-order chi connectivity index (χ1) is 12.1. The molecule has 0 N–H and O–H groups in total. The van der Waals surface area contributed by atoms with Crippen molar-refractivity contribution in [3.63, 3.8) is 0 Å². The Morgan fingerprint density at radius 3 is 2.64 bits per heavy atom. The normalized spacial score (nSPS) is 17.2. The lowest BCUT2D eigenvalue weighted by Gasteiger charge is -2.32. The largest absolute Gasteiger partial charge is 0.484 e. The van der Waals surface area contributed by atoms with Gasteiger partial charge in [-0.2, -0.15) is 0 Å². The van der Waals surface area contributed by atoms with E-state index in [4.69, 9.17) is 9.47 Å². The van der Waals surface area contributed by atoms with Gasteiger partial charge in [0, 0.05) is 17.9 Å². The summed E-state index contributed by atoms with van der Waals surface area (Å²) in [5.41, 5.74) is 1.75. The number of amides is 1. The van der Waals surface area contributed by atoms with Gasteiger partial charge in [-0.15, -0.1) is 0 Å². The third-order valence-electron chi connectivity index (χ3n) is 4.07. The Bertz CT molecular complexity index is 701. The molecule has 6 heteroatoms. The van der Waals surface area contributed by atoms with Crippen LogP contribution in [0.2, 0.25) is 0 Å². The number of hydrogen-bond donors (Lipinski definition) is 0. The van der Waals surface area contributed by atoms with Gasteiger partial charge in [-0.3, -0.25) is 4.79 Å². The fraction of sp³-hybridized carbons (Fsp3) is 0.421. The molecular weight excluding hydrogens is 318 g/mol. The molecule has 3 rings (SSSR count). The molecule has 1 aliphatic rings. The van der Waals surface area contributed by atoms with E-state index in [0.29, 0.717) is 18.3 Å². The molecule has 1 fully saturated rings. The van der Waals surface area contributed by atoms with Crippen molar-refractivity contribution in [2.75, 3.05) is 19.7 Å². The number of carbonyl (C=O) groups excluding carboxylic acids is 1. The molecule has 0 aliphatic carbocycles. The number of rotatable bonds is 5. The minimum absolute atomic E-state index is 0.0292. The summed E-state index contributed by atoms with van der Waals surface area (Å²) in [5.74, 6) is 0.669.